The molecule has 6 heteroatoms. The molecule has 0 aliphatic carbocycles. The van der Waals surface area contributed by atoms with Crippen LogP contribution in [0.2, 0.25) is 0 Å². The van der Waals surface area contributed by atoms with E-state index in [4.69, 9.17) is 0 Å². The zero-order valence-electron chi connectivity index (χ0n) is 9.47. The molecule has 1 aromatic heterocycles. The number of ether oxygens (including phenoxy) is 1. The summed E-state index contributed by atoms with van der Waals surface area (Å²) in [4.78, 5) is 14.4. The fourth-order valence-electron chi connectivity index (χ4n) is 1.43. The van der Waals surface area contributed by atoms with E-state index >= 15 is 0 Å². The second-order valence-electron chi connectivity index (χ2n) is 3.40. The van der Waals surface area contributed by atoms with Gasteiger partial charge >= 0.3 is 5.97 Å². The lowest BCUT2D eigenvalue weighted by Gasteiger charge is -2.10. The van der Waals surface area contributed by atoms with Crippen LogP contribution in [0, 0.1) is 12.9 Å². The van der Waals surface area contributed by atoms with Gasteiger partial charge in [-0.3, -0.25) is 4.79 Å². The third kappa shape index (κ3) is 3.18. The van der Waals surface area contributed by atoms with Crippen LogP contribution in [-0.2, 0) is 16.0 Å². The average molecular weight is 247 g/mol. The fourth-order valence-corrected chi connectivity index (χ4v) is 1.43. The molecule has 0 radical (unpaired) electrons. The molecule has 0 aromatic carbocycles. The number of hydrogen-bond donors (Lipinski definition) is 0. The standard InChI is InChI=1S/C11H12F3NO2/c1-3-17-8(16)4-7-5-15-11(14)9(6(7)2)10(12)13/h5,10H,3-4H2,1-2H3. The fraction of sp³-hybridized carbons (Fsp3) is 0.455. The third-order valence-electron chi connectivity index (χ3n) is 2.30. The maximum Gasteiger partial charge on any atom is 0.310 e. The van der Waals surface area contributed by atoms with Gasteiger partial charge in [-0.05, 0) is 25.0 Å². The second-order valence-corrected chi connectivity index (χ2v) is 3.40. The molecular formula is C11H12F3NO2. The van der Waals surface area contributed by atoms with Gasteiger partial charge in [-0.25, -0.2) is 13.8 Å². The molecule has 17 heavy (non-hydrogen) atoms. The van der Waals surface area contributed by atoms with Crippen molar-refractivity contribution in [3.05, 3.63) is 28.8 Å². The molecule has 1 aromatic rings. The molecule has 0 saturated carbocycles. The van der Waals surface area contributed by atoms with Gasteiger partial charge in [0.05, 0.1) is 18.6 Å². The monoisotopic (exact) mass is 247 g/mol. The Balaban J connectivity index is 3.02. The number of carbonyl (C=O) groups excluding carboxylic acids is 1. The van der Waals surface area contributed by atoms with Crippen LogP contribution in [0.3, 0.4) is 0 Å². The molecule has 0 bridgehead atoms. The van der Waals surface area contributed by atoms with Crippen LogP contribution in [-0.4, -0.2) is 17.6 Å². The summed E-state index contributed by atoms with van der Waals surface area (Å²) < 4.78 is 42.9. The molecule has 1 rings (SSSR count). The zero-order chi connectivity index (χ0) is 13.0. The molecule has 0 fully saturated rings. The molecule has 94 valence electrons. The van der Waals surface area contributed by atoms with Gasteiger partial charge in [0.2, 0.25) is 5.95 Å². The molecular weight excluding hydrogens is 235 g/mol. The Morgan fingerprint density at radius 2 is 2.18 bits per heavy atom. The smallest absolute Gasteiger partial charge is 0.310 e. The average Bonchev–Trinajstić information content (AvgIpc) is 2.22. The maximum atomic E-state index is 13.1. The second kappa shape index (κ2) is 5.65. The minimum atomic E-state index is -2.95. The highest BCUT2D eigenvalue weighted by molar-refractivity contribution is 5.73. The van der Waals surface area contributed by atoms with Crippen LogP contribution in [0.25, 0.3) is 0 Å². The summed E-state index contributed by atoms with van der Waals surface area (Å²) in [5.41, 5.74) is -0.465. The molecule has 3 nitrogen and oxygen atoms in total. The van der Waals surface area contributed by atoms with Crippen molar-refractivity contribution < 1.29 is 22.7 Å². The first kappa shape index (κ1) is 13.5. The van der Waals surface area contributed by atoms with E-state index in [0.29, 0.717) is 0 Å². The molecule has 0 unspecified atom stereocenters. The van der Waals surface area contributed by atoms with Crippen molar-refractivity contribution in [2.24, 2.45) is 0 Å². The molecule has 0 aliphatic heterocycles. The minimum absolute atomic E-state index is 0.0422. The quantitative estimate of drug-likeness (QED) is 0.606. The Bertz CT molecular complexity index is 421. The molecule has 0 saturated heterocycles. The van der Waals surface area contributed by atoms with Crippen molar-refractivity contribution in [3.8, 4) is 0 Å². The number of pyridine rings is 1. The van der Waals surface area contributed by atoms with Crippen LogP contribution in [0.4, 0.5) is 13.2 Å². The number of carbonyl (C=O) groups is 1. The van der Waals surface area contributed by atoms with Gasteiger partial charge < -0.3 is 4.74 Å². The topological polar surface area (TPSA) is 39.2 Å². The Hall–Kier alpha value is -1.59. The molecule has 1 heterocycles. The van der Waals surface area contributed by atoms with Crippen LogP contribution in [0.5, 0.6) is 0 Å². The highest BCUT2D eigenvalue weighted by atomic mass is 19.3. The summed E-state index contributed by atoms with van der Waals surface area (Å²) >= 11 is 0. The normalized spacial score (nSPS) is 10.7. The van der Waals surface area contributed by atoms with Crippen LogP contribution >= 0.6 is 0 Å². The lowest BCUT2D eigenvalue weighted by Crippen LogP contribution is -2.11. The molecule has 0 spiro atoms. The lowest BCUT2D eigenvalue weighted by molar-refractivity contribution is -0.142. The van der Waals surface area contributed by atoms with Gasteiger partial charge in [-0.2, -0.15) is 4.39 Å². The Morgan fingerprint density at radius 3 is 2.71 bits per heavy atom. The van der Waals surface area contributed by atoms with E-state index < -0.39 is 23.9 Å². The molecule has 0 amide bonds. The molecule has 0 N–H and O–H groups in total. The number of aromatic nitrogens is 1. The predicted molar refractivity (Wildman–Crippen MR) is 54.2 cm³/mol. The van der Waals surface area contributed by atoms with E-state index in [9.17, 15) is 18.0 Å². The summed E-state index contributed by atoms with van der Waals surface area (Å²) in [7, 11) is 0. The lowest BCUT2D eigenvalue weighted by atomic mass is 10.0. The van der Waals surface area contributed by atoms with E-state index in [1.165, 1.54) is 6.92 Å². The number of esters is 1. The van der Waals surface area contributed by atoms with Crippen molar-refractivity contribution >= 4 is 5.97 Å². The van der Waals surface area contributed by atoms with Crippen LogP contribution in [0.15, 0.2) is 6.20 Å². The summed E-state index contributed by atoms with van der Waals surface area (Å²) in [6, 6.07) is 0. The van der Waals surface area contributed by atoms with E-state index in [1.54, 1.807) is 6.92 Å². The number of alkyl halides is 2. The molecule has 0 atom stereocenters. The largest absolute Gasteiger partial charge is 0.466 e. The van der Waals surface area contributed by atoms with Crippen molar-refractivity contribution in [2.45, 2.75) is 26.7 Å². The SMILES string of the molecule is CCOC(=O)Cc1cnc(F)c(C(F)F)c1C. The number of halogens is 3. The molecule has 0 aliphatic rings. The zero-order valence-corrected chi connectivity index (χ0v) is 9.47. The van der Waals surface area contributed by atoms with E-state index in [0.717, 1.165) is 6.20 Å². The van der Waals surface area contributed by atoms with E-state index in [-0.39, 0.29) is 24.2 Å². The van der Waals surface area contributed by atoms with Crippen molar-refractivity contribution in [1.82, 2.24) is 4.98 Å². The predicted octanol–water partition coefficient (Wildman–Crippen LogP) is 2.57. The number of nitrogens with zero attached hydrogens (tertiary/aromatic N) is 1. The van der Waals surface area contributed by atoms with Gasteiger partial charge in [0.1, 0.15) is 0 Å². The van der Waals surface area contributed by atoms with E-state index in [1.807, 2.05) is 0 Å². The Kier molecular flexibility index (Phi) is 4.48. The minimum Gasteiger partial charge on any atom is -0.466 e. The van der Waals surface area contributed by atoms with Gasteiger partial charge in [-0.1, -0.05) is 0 Å². The third-order valence-corrected chi connectivity index (χ3v) is 2.30. The first-order valence-corrected chi connectivity index (χ1v) is 5.05. The van der Waals surface area contributed by atoms with Crippen LogP contribution < -0.4 is 0 Å². The Morgan fingerprint density at radius 1 is 1.53 bits per heavy atom. The van der Waals surface area contributed by atoms with E-state index in [2.05, 4.69) is 9.72 Å². The number of hydrogen-bond acceptors (Lipinski definition) is 3. The van der Waals surface area contributed by atoms with Gasteiger partial charge in [0.25, 0.3) is 6.43 Å². The first-order valence-electron chi connectivity index (χ1n) is 5.05. The summed E-state index contributed by atoms with van der Waals surface area (Å²) in [5.74, 6) is -1.76. The van der Waals surface area contributed by atoms with Crippen molar-refractivity contribution in [1.29, 1.82) is 0 Å². The number of rotatable bonds is 4. The van der Waals surface area contributed by atoms with Crippen LogP contribution in [0.1, 0.15) is 30.0 Å². The van der Waals surface area contributed by atoms with Crippen molar-refractivity contribution in [3.63, 3.8) is 0 Å². The highest BCUT2D eigenvalue weighted by Gasteiger charge is 2.21. The Labute approximate surface area is 96.6 Å². The summed E-state index contributed by atoms with van der Waals surface area (Å²) in [5, 5.41) is 0. The van der Waals surface area contributed by atoms with Crippen molar-refractivity contribution in [2.75, 3.05) is 6.61 Å². The van der Waals surface area contributed by atoms with Gasteiger partial charge in [0, 0.05) is 6.20 Å². The first-order chi connectivity index (χ1) is 7.97. The summed E-state index contributed by atoms with van der Waals surface area (Å²) in [6.45, 7) is 3.17. The highest BCUT2D eigenvalue weighted by Crippen LogP contribution is 2.26. The summed E-state index contributed by atoms with van der Waals surface area (Å²) in [6.07, 6.45) is -2.07. The van der Waals surface area contributed by atoms with Gasteiger partial charge in [0.15, 0.2) is 0 Å². The maximum absolute atomic E-state index is 13.1. The van der Waals surface area contributed by atoms with Gasteiger partial charge in [-0.15, -0.1) is 0 Å².